The molecule has 0 heterocycles. The van der Waals surface area contributed by atoms with Crippen molar-refractivity contribution >= 4 is 0 Å². The minimum atomic E-state index is 0.244. The fraction of sp³-hybridized carbons (Fsp3) is 0.818. The summed E-state index contributed by atoms with van der Waals surface area (Å²) in [6.07, 6.45) is 7.71. The number of rotatable bonds is 3. The van der Waals surface area contributed by atoms with E-state index in [0.29, 0.717) is 5.92 Å². The molecular weight excluding hydrogens is 148 g/mol. The molecule has 1 aliphatic rings. The van der Waals surface area contributed by atoms with Crippen LogP contribution in [0.3, 0.4) is 0 Å². The summed E-state index contributed by atoms with van der Waals surface area (Å²) in [6, 6.07) is 0. The van der Waals surface area contributed by atoms with Gasteiger partial charge in [0.15, 0.2) is 0 Å². The minimum Gasteiger partial charge on any atom is -0.392 e. The van der Waals surface area contributed by atoms with Crippen LogP contribution in [0.4, 0.5) is 0 Å². The van der Waals surface area contributed by atoms with E-state index in [4.69, 9.17) is 5.11 Å². The topological polar surface area (TPSA) is 20.2 Å². The van der Waals surface area contributed by atoms with Crippen LogP contribution in [-0.4, -0.2) is 11.7 Å². The first kappa shape index (κ1) is 9.79. The predicted molar refractivity (Wildman–Crippen MR) is 52.0 cm³/mol. The molecule has 0 saturated heterocycles. The minimum absolute atomic E-state index is 0.244. The van der Waals surface area contributed by atoms with Gasteiger partial charge in [0, 0.05) is 0 Å². The first-order valence-corrected chi connectivity index (χ1v) is 5.05. The first-order chi connectivity index (χ1) is 5.74. The summed E-state index contributed by atoms with van der Waals surface area (Å²) in [6.45, 7) is 4.54. The highest BCUT2D eigenvalue weighted by molar-refractivity contribution is 5.07. The Morgan fingerprint density at radius 3 is 2.42 bits per heavy atom. The zero-order valence-corrected chi connectivity index (χ0v) is 8.21. The Hall–Kier alpha value is -0.300. The zero-order valence-electron chi connectivity index (χ0n) is 8.21. The van der Waals surface area contributed by atoms with Crippen LogP contribution in [0.5, 0.6) is 0 Å². The van der Waals surface area contributed by atoms with Crippen LogP contribution >= 0.6 is 0 Å². The van der Waals surface area contributed by atoms with Gasteiger partial charge in [0.05, 0.1) is 6.61 Å². The second-order valence-corrected chi connectivity index (χ2v) is 4.10. The Morgan fingerprint density at radius 2 is 2.00 bits per heavy atom. The number of aliphatic hydroxyl groups excluding tert-OH is 1. The summed E-state index contributed by atoms with van der Waals surface area (Å²) in [4.78, 5) is 0. The normalized spacial score (nSPS) is 20.8. The van der Waals surface area contributed by atoms with E-state index in [0.717, 1.165) is 5.92 Å². The standard InChI is InChI=1S/C11H20O/c1-9(2)11(8-12)7-10-5-3-4-6-10/h7,9-10,12H,3-6,8H2,1-2H3. The lowest BCUT2D eigenvalue weighted by Gasteiger charge is -2.11. The fourth-order valence-corrected chi connectivity index (χ4v) is 1.85. The Morgan fingerprint density at radius 1 is 1.42 bits per heavy atom. The average Bonchev–Trinajstić information content (AvgIpc) is 2.51. The monoisotopic (exact) mass is 168 g/mol. The summed E-state index contributed by atoms with van der Waals surface area (Å²) in [7, 11) is 0. The summed E-state index contributed by atoms with van der Waals surface area (Å²) in [5, 5.41) is 9.09. The molecule has 0 aromatic heterocycles. The summed E-state index contributed by atoms with van der Waals surface area (Å²) < 4.78 is 0. The van der Waals surface area contributed by atoms with E-state index in [1.54, 1.807) is 0 Å². The highest BCUT2D eigenvalue weighted by Crippen LogP contribution is 2.27. The van der Waals surface area contributed by atoms with Crippen LogP contribution in [0, 0.1) is 11.8 Å². The van der Waals surface area contributed by atoms with E-state index in [-0.39, 0.29) is 6.61 Å². The maximum absolute atomic E-state index is 9.09. The fourth-order valence-electron chi connectivity index (χ4n) is 1.85. The molecule has 1 aliphatic carbocycles. The molecule has 1 N–H and O–H groups in total. The smallest absolute Gasteiger partial charge is 0.0644 e. The van der Waals surface area contributed by atoms with Crippen LogP contribution in [0.2, 0.25) is 0 Å². The SMILES string of the molecule is CC(C)C(=CC1CCCC1)CO. The van der Waals surface area contributed by atoms with Gasteiger partial charge in [-0.3, -0.25) is 0 Å². The third-order valence-corrected chi connectivity index (χ3v) is 2.77. The Balaban J connectivity index is 2.50. The first-order valence-electron chi connectivity index (χ1n) is 5.05. The summed E-state index contributed by atoms with van der Waals surface area (Å²) in [5.74, 6) is 1.27. The summed E-state index contributed by atoms with van der Waals surface area (Å²) in [5.41, 5.74) is 1.22. The molecule has 0 aromatic rings. The molecule has 0 radical (unpaired) electrons. The van der Waals surface area contributed by atoms with Crippen molar-refractivity contribution < 1.29 is 5.11 Å². The molecule has 0 atom stereocenters. The van der Waals surface area contributed by atoms with Crippen LogP contribution in [-0.2, 0) is 0 Å². The lowest BCUT2D eigenvalue weighted by molar-refractivity contribution is 0.317. The molecule has 1 heteroatoms. The van der Waals surface area contributed by atoms with E-state index in [1.807, 2.05) is 0 Å². The van der Waals surface area contributed by atoms with Gasteiger partial charge in [0.1, 0.15) is 0 Å². The van der Waals surface area contributed by atoms with Gasteiger partial charge in [-0.05, 0) is 30.3 Å². The molecule has 1 fully saturated rings. The van der Waals surface area contributed by atoms with Gasteiger partial charge in [-0.15, -0.1) is 0 Å². The third-order valence-electron chi connectivity index (χ3n) is 2.77. The van der Waals surface area contributed by atoms with Crippen molar-refractivity contribution in [2.45, 2.75) is 39.5 Å². The van der Waals surface area contributed by atoms with Crippen molar-refractivity contribution in [2.75, 3.05) is 6.61 Å². The van der Waals surface area contributed by atoms with Crippen molar-refractivity contribution in [3.8, 4) is 0 Å². The van der Waals surface area contributed by atoms with Crippen LogP contribution < -0.4 is 0 Å². The molecule has 1 nitrogen and oxygen atoms in total. The molecule has 1 saturated carbocycles. The molecule has 0 bridgehead atoms. The van der Waals surface area contributed by atoms with E-state index in [2.05, 4.69) is 19.9 Å². The zero-order chi connectivity index (χ0) is 8.97. The van der Waals surface area contributed by atoms with Gasteiger partial charge < -0.3 is 5.11 Å². The van der Waals surface area contributed by atoms with Gasteiger partial charge in [-0.2, -0.15) is 0 Å². The van der Waals surface area contributed by atoms with Gasteiger partial charge in [-0.25, -0.2) is 0 Å². The molecule has 0 aromatic carbocycles. The molecule has 0 spiro atoms. The number of hydrogen-bond donors (Lipinski definition) is 1. The molecule has 0 amide bonds. The van der Waals surface area contributed by atoms with Crippen LogP contribution in [0.15, 0.2) is 11.6 Å². The van der Waals surface area contributed by atoms with Crippen molar-refractivity contribution in [2.24, 2.45) is 11.8 Å². The van der Waals surface area contributed by atoms with Crippen LogP contribution in [0.1, 0.15) is 39.5 Å². The van der Waals surface area contributed by atoms with E-state index in [1.165, 1.54) is 31.3 Å². The second-order valence-electron chi connectivity index (χ2n) is 4.10. The maximum atomic E-state index is 9.09. The lowest BCUT2D eigenvalue weighted by Crippen LogP contribution is -2.02. The number of hydrogen-bond acceptors (Lipinski definition) is 1. The lowest BCUT2D eigenvalue weighted by atomic mass is 9.97. The van der Waals surface area contributed by atoms with Gasteiger partial charge in [0.25, 0.3) is 0 Å². The Labute approximate surface area is 75.5 Å². The predicted octanol–water partition coefficient (Wildman–Crippen LogP) is 2.75. The molecule has 0 aliphatic heterocycles. The summed E-state index contributed by atoms with van der Waals surface area (Å²) >= 11 is 0. The number of allylic oxidation sites excluding steroid dienone is 1. The molecule has 70 valence electrons. The average molecular weight is 168 g/mol. The molecule has 12 heavy (non-hydrogen) atoms. The van der Waals surface area contributed by atoms with E-state index >= 15 is 0 Å². The Bertz CT molecular complexity index is 152. The second kappa shape index (κ2) is 4.66. The Kier molecular flexibility index (Phi) is 3.80. The highest BCUT2D eigenvalue weighted by atomic mass is 16.3. The highest BCUT2D eigenvalue weighted by Gasteiger charge is 2.13. The van der Waals surface area contributed by atoms with E-state index in [9.17, 15) is 0 Å². The van der Waals surface area contributed by atoms with Gasteiger partial charge >= 0.3 is 0 Å². The van der Waals surface area contributed by atoms with Crippen molar-refractivity contribution in [1.82, 2.24) is 0 Å². The van der Waals surface area contributed by atoms with Crippen molar-refractivity contribution in [3.63, 3.8) is 0 Å². The van der Waals surface area contributed by atoms with E-state index < -0.39 is 0 Å². The quantitative estimate of drug-likeness (QED) is 0.642. The van der Waals surface area contributed by atoms with Crippen molar-refractivity contribution in [1.29, 1.82) is 0 Å². The molecule has 0 unspecified atom stereocenters. The third kappa shape index (κ3) is 2.63. The van der Waals surface area contributed by atoms with Gasteiger partial charge in [0.2, 0.25) is 0 Å². The van der Waals surface area contributed by atoms with Crippen molar-refractivity contribution in [3.05, 3.63) is 11.6 Å². The molecular formula is C11H20O. The maximum Gasteiger partial charge on any atom is 0.0644 e. The van der Waals surface area contributed by atoms with Gasteiger partial charge in [-0.1, -0.05) is 32.8 Å². The largest absolute Gasteiger partial charge is 0.392 e. The van der Waals surface area contributed by atoms with Crippen LogP contribution in [0.25, 0.3) is 0 Å². The molecule has 1 rings (SSSR count). The number of aliphatic hydroxyl groups is 1.